The van der Waals surface area contributed by atoms with E-state index in [0.29, 0.717) is 6.54 Å². The topological polar surface area (TPSA) is 58.6 Å². The van der Waals surface area contributed by atoms with E-state index in [0.717, 1.165) is 11.1 Å². The van der Waals surface area contributed by atoms with Gasteiger partial charge in [0.05, 0.1) is 5.41 Å². The van der Waals surface area contributed by atoms with Crippen molar-refractivity contribution in [3.05, 3.63) is 65.7 Å². The number of hydrogen-bond acceptors (Lipinski definition) is 3. The summed E-state index contributed by atoms with van der Waals surface area (Å²) in [7, 11) is 0. The Kier molecular flexibility index (Phi) is 3.06. The molecule has 1 atom stereocenters. The molecule has 1 aliphatic heterocycles. The summed E-state index contributed by atoms with van der Waals surface area (Å²) in [5.41, 5.74) is 1.65. The molecule has 0 aliphatic carbocycles. The van der Waals surface area contributed by atoms with Gasteiger partial charge in [0.2, 0.25) is 0 Å². The molecule has 1 fully saturated rings. The smallest absolute Gasteiger partial charge is 0.407 e. The monoisotopic (exact) mass is 269 g/mol. The molecule has 1 amide bonds. The number of alkyl carbamates (subject to hydrolysis) is 1. The van der Waals surface area contributed by atoms with Crippen molar-refractivity contribution in [2.45, 2.75) is 5.41 Å². The Morgan fingerprint density at radius 3 is 2.25 bits per heavy atom. The Balaban J connectivity index is 2.08. The fourth-order valence-corrected chi connectivity index (χ4v) is 2.59. The van der Waals surface area contributed by atoms with Crippen LogP contribution < -0.4 is 5.32 Å². The Bertz CT molecular complexity index is 597. The maximum Gasteiger partial charge on any atom is 0.407 e. The number of carbonyl (C=O) groups excluding carboxylic acids is 1. The van der Waals surface area contributed by atoms with Crippen molar-refractivity contribution in [3.63, 3.8) is 0 Å². The first-order chi connectivity index (χ1) is 9.71. The summed E-state index contributed by atoms with van der Waals surface area (Å²) in [5.74, 6) is 0.220. The fourth-order valence-electron chi connectivity index (χ4n) is 2.59. The number of phenols is 1. The van der Waals surface area contributed by atoms with E-state index in [4.69, 9.17) is 4.74 Å². The van der Waals surface area contributed by atoms with Crippen LogP contribution in [-0.2, 0) is 10.2 Å². The highest BCUT2D eigenvalue weighted by molar-refractivity contribution is 5.69. The summed E-state index contributed by atoms with van der Waals surface area (Å²) in [6.07, 6.45) is -0.393. The van der Waals surface area contributed by atoms with Gasteiger partial charge in [-0.05, 0) is 23.3 Å². The van der Waals surface area contributed by atoms with Crippen molar-refractivity contribution in [2.75, 3.05) is 13.2 Å². The van der Waals surface area contributed by atoms with E-state index in [-0.39, 0.29) is 12.4 Å². The van der Waals surface area contributed by atoms with E-state index < -0.39 is 11.5 Å². The van der Waals surface area contributed by atoms with Crippen LogP contribution in [0.4, 0.5) is 4.79 Å². The number of cyclic esters (lactones) is 1. The molecule has 4 heteroatoms. The highest BCUT2D eigenvalue weighted by Crippen LogP contribution is 2.34. The van der Waals surface area contributed by atoms with Crippen LogP contribution in [0.2, 0.25) is 0 Å². The van der Waals surface area contributed by atoms with E-state index >= 15 is 0 Å². The minimum Gasteiger partial charge on any atom is -0.508 e. The van der Waals surface area contributed by atoms with Crippen LogP contribution in [-0.4, -0.2) is 24.4 Å². The summed E-state index contributed by atoms with van der Waals surface area (Å²) in [6, 6.07) is 17.0. The first-order valence-electron chi connectivity index (χ1n) is 6.46. The van der Waals surface area contributed by atoms with Crippen LogP contribution >= 0.6 is 0 Å². The minimum atomic E-state index is -0.428. The maximum atomic E-state index is 11.3. The Morgan fingerprint density at radius 2 is 1.65 bits per heavy atom. The zero-order valence-electron chi connectivity index (χ0n) is 10.9. The van der Waals surface area contributed by atoms with Crippen LogP contribution in [0.3, 0.4) is 0 Å². The molecule has 102 valence electrons. The number of nitrogens with one attached hydrogen (secondary N) is 1. The van der Waals surface area contributed by atoms with Crippen LogP contribution in [0.1, 0.15) is 11.1 Å². The molecule has 20 heavy (non-hydrogen) atoms. The van der Waals surface area contributed by atoms with Gasteiger partial charge in [0.15, 0.2) is 0 Å². The third kappa shape index (κ3) is 2.09. The van der Waals surface area contributed by atoms with Crippen molar-refractivity contribution >= 4 is 6.09 Å². The number of carbonyl (C=O) groups is 1. The second kappa shape index (κ2) is 4.89. The average molecular weight is 269 g/mol. The second-order valence-corrected chi connectivity index (χ2v) is 4.92. The molecular formula is C16H15NO3. The van der Waals surface area contributed by atoms with Crippen molar-refractivity contribution < 1.29 is 14.6 Å². The van der Waals surface area contributed by atoms with Gasteiger partial charge < -0.3 is 15.2 Å². The lowest BCUT2D eigenvalue weighted by Crippen LogP contribution is -2.51. The van der Waals surface area contributed by atoms with E-state index in [9.17, 15) is 9.90 Å². The molecule has 0 radical (unpaired) electrons. The molecule has 1 aliphatic rings. The van der Waals surface area contributed by atoms with E-state index in [1.165, 1.54) is 0 Å². The molecule has 1 unspecified atom stereocenters. The van der Waals surface area contributed by atoms with Crippen molar-refractivity contribution in [1.82, 2.24) is 5.32 Å². The van der Waals surface area contributed by atoms with Gasteiger partial charge in [0.1, 0.15) is 12.4 Å². The standard InChI is InChI=1S/C16H15NO3/c18-14-8-6-13(7-9-14)16(10-17-15(19)20-11-16)12-4-2-1-3-5-12/h1-9,18H,10-11H2,(H,17,19). The summed E-state index contributed by atoms with van der Waals surface area (Å²) < 4.78 is 5.22. The fraction of sp³-hybridized carbons (Fsp3) is 0.188. The third-order valence-corrected chi connectivity index (χ3v) is 3.73. The SMILES string of the molecule is O=C1NCC(c2ccccc2)(c2ccc(O)cc2)CO1. The number of benzene rings is 2. The summed E-state index contributed by atoms with van der Waals surface area (Å²) in [4.78, 5) is 11.3. The minimum absolute atomic E-state index is 0.220. The normalized spacial score (nSPS) is 21.9. The Morgan fingerprint density at radius 1 is 1.00 bits per heavy atom. The predicted octanol–water partition coefficient (Wildman–Crippen LogP) is 2.42. The van der Waals surface area contributed by atoms with Crippen LogP contribution in [0.5, 0.6) is 5.75 Å². The van der Waals surface area contributed by atoms with Crippen molar-refractivity contribution in [1.29, 1.82) is 0 Å². The number of amides is 1. The van der Waals surface area contributed by atoms with Gasteiger partial charge in [-0.2, -0.15) is 0 Å². The van der Waals surface area contributed by atoms with Crippen molar-refractivity contribution in [3.8, 4) is 5.75 Å². The number of ether oxygens (including phenoxy) is 1. The molecule has 2 aromatic rings. The number of rotatable bonds is 2. The lowest BCUT2D eigenvalue weighted by molar-refractivity contribution is 0.0995. The van der Waals surface area contributed by atoms with Crippen LogP contribution in [0.25, 0.3) is 0 Å². The highest BCUT2D eigenvalue weighted by Gasteiger charge is 2.39. The molecule has 0 bridgehead atoms. The van der Waals surface area contributed by atoms with Gasteiger partial charge in [-0.15, -0.1) is 0 Å². The molecule has 2 aromatic carbocycles. The zero-order chi connectivity index (χ0) is 14.0. The molecular weight excluding hydrogens is 254 g/mol. The predicted molar refractivity (Wildman–Crippen MR) is 74.7 cm³/mol. The van der Waals surface area contributed by atoms with Crippen LogP contribution in [0, 0.1) is 0 Å². The van der Waals surface area contributed by atoms with Gasteiger partial charge in [-0.1, -0.05) is 42.5 Å². The van der Waals surface area contributed by atoms with Crippen LogP contribution in [0.15, 0.2) is 54.6 Å². The maximum absolute atomic E-state index is 11.3. The summed E-state index contributed by atoms with van der Waals surface area (Å²) in [5, 5.41) is 12.2. The summed E-state index contributed by atoms with van der Waals surface area (Å²) in [6.45, 7) is 0.758. The first kappa shape index (κ1) is 12.5. The van der Waals surface area contributed by atoms with Crippen molar-refractivity contribution in [2.24, 2.45) is 0 Å². The van der Waals surface area contributed by atoms with Gasteiger partial charge in [0.25, 0.3) is 0 Å². The lowest BCUT2D eigenvalue weighted by Gasteiger charge is -2.37. The van der Waals surface area contributed by atoms with E-state index in [1.807, 2.05) is 42.5 Å². The molecule has 4 nitrogen and oxygen atoms in total. The zero-order valence-corrected chi connectivity index (χ0v) is 10.9. The van der Waals surface area contributed by atoms with E-state index in [1.54, 1.807) is 12.1 Å². The van der Waals surface area contributed by atoms with Gasteiger partial charge in [-0.3, -0.25) is 0 Å². The number of phenolic OH excluding ortho intramolecular Hbond substituents is 1. The third-order valence-electron chi connectivity index (χ3n) is 3.73. The molecule has 0 saturated carbocycles. The van der Waals surface area contributed by atoms with Gasteiger partial charge >= 0.3 is 6.09 Å². The second-order valence-electron chi connectivity index (χ2n) is 4.92. The number of aromatic hydroxyl groups is 1. The lowest BCUT2D eigenvalue weighted by atomic mass is 9.74. The van der Waals surface area contributed by atoms with E-state index in [2.05, 4.69) is 5.32 Å². The molecule has 3 rings (SSSR count). The van der Waals surface area contributed by atoms with Gasteiger partial charge in [0, 0.05) is 6.54 Å². The Hall–Kier alpha value is -2.49. The molecule has 2 N–H and O–H groups in total. The quantitative estimate of drug-likeness (QED) is 0.880. The molecule has 1 heterocycles. The van der Waals surface area contributed by atoms with Gasteiger partial charge in [-0.25, -0.2) is 4.79 Å². The molecule has 0 aromatic heterocycles. The summed E-state index contributed by atoms with van der Waals surface area (Å²) >= 11 is 0. The molecule has 0 spiro atoms. The molecule has 1 saturated heterocycles. The Labute approximate surface area is 117 Å². The average Bonchev–Trinajstić information content (AvgIpc) is 2.50. The first-order valence-corrected chi connectivity index (χ1v) is 6.46. The largest absolute Gasteiger partial charge is 0.508 e. The number of hydrogen-bond donors (Lipinski definition) is 2. The highest BCUT2D eigenvalue weighted by atomic mass is 16.6.